The van der Waals surface area contributed by atoms with E-state index in [4.69, 9.17) is 0 Å². The molecule has 4 bridgehead atoms. The topological polar surface area (TPSA) is 75.4 Å². The third-order valence-electron chi connectivity index (χ3n) is 9.31. The van der Waals surface area contributed by atoms with E-state index < -0.39 is 7.37 Å². The van der Waals surface area contributed by atoms with Gasteiger partial charge in [0.2, 0.25) is 7.37 Å². The van der Waals surface area contributed by atoms with Gasteiger partial charge in [-0.1, -0.05) is 25.5 Å². The number of para-hydroxylation sites is 2. The Bertz CT molecular complexity index is 1160. The summed E-state index contributed by atoms with van der Waals surface area (Å²) in [6.07, 6.45) is 12.5. The third-order valence-corrected chi connectivity index (χ3v) is 10.4. The summed E-state index contributed by atoms with van der Waals surface area (Å²) in [7, 11) is -3.77. The largest absolute Gasteiger partial charge is 0.340 e. The molecule has 2 aliphatic carbocycles. The molecule has 4 aliphatic rings. The highest BCUT2D eigenvalue weighted by Crippen LogP contribution is 2.48. The van der Waals surface area contributed by atoms with Gasteiger partial charge < -0.3 is 9.46 Å². The SMILES string of the molecule is C[C@@H]1C[C@@H]2C[C@H](C1)C[C@@H](N1[C@@H]3CCC[C@H]1C[C@@H](n1c(=O)c(P(C)(=O)O)nc4ccccc41)C3)C2. The van der Waals surface area contributed by atoms with Crippen molar-refractivity contribution in [3.63, 3.8) is 0 Å². The Kier molecular flexibility index (Phi) is 5.78. The number of rotatable bonds is 3. The van der Waals surface area contributed by atoms with Crippen LogP contribution in [0.3, 0.4) is 0 Å². The molecule has 2 saturated carbocycles. The van der Waals surface area contributed by atoms with Crippen molar-refractivity contribution in [2.45, 2.75) is 95.3 Å². The summed E-state index contributed by atoms with van der Waals surface area (Å²) >= 11 is 0. The molecule has 1 aromatic heterocycles. The molecule has 6 nitrogen and oxygen atoms in total. The van der Waals surface area contributed by atoms with Crippen molar-refractivity contribution in [1.82, 2.24) is 14.5 Å². The van der Waals surface area contributed by atoms with Gasteiger partial charge in [-0.2, -0.15) is 0 Å². The highest BCUT2D eigenvalue weighted by Gasteiger charge is 2.46. The van der Waals surface area contributed by atoms with Gasteiger partial charge in [-0.25, -0.2) is 4.98 Å². The van der Waals surface area contributed by atoms with Gasteiger partial charge in [-0.15, -0.1) is 0 Å². The van der Waals surface area contributed by atoms with Crippen molar-refractivity contribution < 1.29 is 9.46 Å². The average Bonchev–Trinajstić information content (AvgIpc) is 2.76. The molecule has 4 fully saturated rings. The van der Waals surface area contributed by atoms with Crippen LogP contribution in [0.2, 0.25) is 0 Å². The van der Waals surface area contributed by atoms with E-state index in [1.54, 1.807) is 0 Å². The van der Waals surface area contributed by atoms with Gasteiger partial charge in [0.25, 0.3) is 5.56 Å². The van der Waals surface area contributed by atoms with E-state index in [1.807, 2.05) is 28.8 Å². The van der Waals surface area contributed by atoms with Gasteiger partial charge in [-0.3, -0.25) is 14.3 Å². The third kappa shape index (κ3) is 4.00. The summed E-state index contributed by atoms with van der Waals surface area (Å²) in [6.45, 7) is 3.67. The van der Waals surface area contributed by atoms with E-state index >= 15 is 0 Å². The number of hydrogen-bond acceptors (Lipinski definition) is 4. The predicted octanol–water partition coefficient (Wildman–Crippen LogP) is 4.69. The zero-order valence-corrected chi connectivity index (χ0v) is 21.4. The molecule has 184 valence electrons. The van der Waals surface area contributed by atoms with Gasteiger partial charge in [0.05, 0.1) is 11.0 Å². The van der Waals surface area contributed by atoms with E-state index in [9.17, 15) is 14.3 Å². The van der Waals surface area contributed by atoms with Crippen LogP contribution in [0.5, 0.6) is 0 Å². The van der Waals surface area contributed by atoms with Crippen LogP contribution >= 0.6 is 7.37 Å². The molecule has 6 rings (SSSR count). The van der Waals surface area contributed by atoms with Crippen LogP contribution in [0.4, 0.5) is 0 Å². The molecular weight excluding hydrogens is 445 g/mol. The molecular formula is C27H38N3O3P. The van der Waals surface area contributed by atoms with Crippen LogP contribution in [0, 0.1) is 17.8 Å². The second-order valence-electron chi connectivity index (χ2n) is 12.0. The standard InChI is InChI=1S/C27H38N3O3P/c1-17-10-18-12-19(11-17)14-22(13-18)29-20-6-5-7-21(29)16-23(15-20)30-25-9-4-3-8-24(25)28-26(27(30)31)34(2,32)33/h3-4,8-9,17-23H,5-7,10-16H2,1-2H3,(H,32,33)/t17-,18-,19+,20-,21+,22+,23+. The first-order valence-electron chi connectivity index (χ1n) is 13.4. The molecule has 1 aromatic carbocycles. The summed E-state index contributed by atoms with van der Waals surface area (Å²) in [6, 6.07) is 9.36. The minimum Gasteiger partial charge on any atom is -0.340 e. The molecule has 1 unspecified atom stereocenters. The smallest absolute Gasteiger partial charge is 0.283 e. The van der Waals surface area contributed by atoms with Crippen molar-refractivity contribution in [1.29, 1.82) is 0 Å². The van der Waals surface area contributed by atoms with E-state index in [2.05, 4.69) is 16.8 Å². The summed E-state index contributed by atoms with van der Waals surface area (Å²) in [5.41, 5.74) is 0.884. The molecule has 34 heavy (non-hydrogen) atoms. The first kappa shape index (κ1) is 22.9. The Morgan fingerprint density at radius 1 is 0.912 bits per heavy atom. The Morgan fingerprint density at radius 2 is 1.56 bits per heavy atom. The van der Waals surface area contributed by atoms with Crippen molar-refractivity contribution >= 4 is 23.8 Å². The van der Waals surface area contributed by atoms with Crippen molar-refractivity contribution in [3.05, 3.63) is 34.6 Å². The molecule has 0 spiro atoms. The molecule has 3 heterocycles. The Labute approximate surface area is 202 Å². The lowest BCUT2D eigenvalue weighted by molar-refractivity contribution is -0.0524. The second-order valence-corrected chi connectivity index (χ2v) is 14.1. The maximum absolute atomic E-state index is 13.5. The number of benzene rings is 1. The number of nitrogens with zero attached hydrogens (tertiary/aromatic N) is 3. The lowest BCUT2D eigenvalue weighted by atomic mass is 9.65. The van der Waals surface area contributed by atoms with E-state index in [0.717, 1.165) is 36.1 Å². The van der Waals surface area contributed by atoms with Crippen molar-refractivity contribution in [2.75, 3.05) is 6.66 Å². The molecule has 0 radical (unpaired) electrons. The Hall–Kier alpha value is -1.49. The number of piperidine rings is 2. The number of hydrogen-bond donors (Lipinski definition) is 1. The molecule has 7 heteroatoms. The monoisotopic (exact) mass is 483 g/mol. The highest BCUT2D eigenvalue weighted by atomic mass is 31.2. The fraction of sp³-hybridized carbons (Fsp3) is 0.704. The van der Waals surface area contributed by atoms with Crippen molar-refractivity contribution in [3.8, 4) is 0 Å². The van der Waals surface area contributed by atoms with Crippen LogP contribution < -0.4 is 11.0 Å². The maximum atomic E-state index is 13.5. The highest BCUT2D eigenvalue weighted by molar-refractivity contribution is 7.65. The normalized spacial score (nSPS) is 37.9. The van der Waals surface area contributed by atoms with Crippen LogP contribution in [0.15, 0.2) is 29.1 Å². The molecule has 8 atom stereocenters. The average molecular weight is 484 g/mol. The van der Waals surface area contributed by atoms with Crippen LogP contribution in [0.1, 0.15) is 77.2 Å². The summed E-state index contributed by atoms with van der Waals surface area (Å²) in [5.74, 6) is 2.67. The quantitative estimate of drug-likeness (QED) is 0.641. The fourth-order valence-electron chi connectivity index (χ4n) is 8.36. The summed E-state index contributed by atoms with van der Waals surface area (Å²) in [5, 5.41) is 0. The minimum absolute atomic E-state index is 0.0559. The zero-order chi connectivity index (χ0) is 23.6. The summed E-state index contributed by atoms with van der Waals surface area (Å²) in [4.78, 5) is 31.1. The Morgan fingerprint density at radius 3 is 2.21 bits per heavy atom. The van der Waals surface area contributed by atoms with Gasteiger partial charge in [0.1, 0.15) is 0 Å². The zero-order valence-electron chi connectivity index (χ0n) is 20.5. The molecule has 2 aliphatic heterocycles. The van der Waals surface area contributed by atoms with E-state index in [-0.39, 0.29) is 17.0 Å². The van der Waals surface area contributed by atoms with Crippen LogP contribution in [-0.2, 0) is 4.57 Å². The predicted molar refractivity (Wildman–Crippen MR) is 136 cm³/mol. The number of aromatic nitrogens is 2. The van der Waals surface area contributed by atoms with E-state index in [0.29, 0.717) is 23.6 Å². The second kappa shape index (κ2) is 8.57. The molecule has 0 amide bonds. The van der Waals surface area contributed by atoms with Gasteiger partial charge in [0.15, 0.2) is 5.44 Å². The molecule has 2 aromatic rings. The maximum Gasteiger partial charge on any atom is 0.283 e. The van der Waals surface area contributed by atoms with E-state index in [1.165, 1.54) is 58.0 Å². The Balaban J connectivity index is 1.34. The first-order valence-corrected chi connectivity index (χ1v) is 15.5. The lowest BCUT2D eigenvalue weighted by Gasteiger charge is -2.55. The lowest BCUT2D eigenvalue weighted by Crippen LogP contribution is -2.59. The molecule has 2 saturated heterocycles. The number of fused-ring (bicyclic) bond motifs is 5. The van der Waals surface area contributed by atoms with Gasteiger partial charge >= 0.3 is 0 Å². The fourth-order valence-corrected chi connectivity index (χ4v) is 9.12. The molecule has 1 N–H and O–H groups in total. The summed E-state index contributed by atoms with van der Waals surface area (Å²) < 4.78 is 14.4. The van der Waals surface area contributed by atoms with Crippen LogP contribution in [0.25, 0.3) is 11.0 Å². The van der Waals surface area contributed by atoms with Gasteiger partial charge in [-0.05, 0) is 87.7 Å². The van der Waals surface area contributed by atoms with Crippen LogP contribution in [-0.4, -0.2) is 44.1 Å². The van der Waals surface area contributed by atoms with Crippen molar-refractivity contribution in [2.24, 2.45) is 17.8 Å². The van der Waals surface area contributed by atoms with Gasteiger partial charge in [0, 0.05) is 30.8 Å². The minimum atomic E-state index is -3.77. The first-order chi connectivity index (χ1) is 16.3.